The summed E-state index contributed by atoms with van der Waals surface area (Å²) in [6, 6.07) is 2.97. The molecule has 0 bridgehead atoms. The molecule has 2 heterocycles. The summed E-state index contributed by atoms with van der Waals surface area (Å²) >= 11 is 0. The third kappa shape index (κ3) is 3.88. The van der Waals surface area contributed by atoms with E-state index in [0.29, 0.717) is 12.3 Å². The summed E-state index contributed by atoms with van der Waals surface area (Å²) in [6.45, 7) is 4.38. The van der Waals surface area contributed by atoms with E-state index in [9.17, 15) is 9.90 Å². The number of aliphatic hydroxyl groups is 1. The Morgan fingerprint density at radius 2 is 2.18 bits per heavy atom. The molecule has 0 aromatic carbocycles. The van der Waals surface area contributed by atoms with Crippen molar-refractivity contribution in [1.29, 1.82) is 0 Å². The Balaban J connectivity index is 1.82. The van der Waals surface area contributed by atoms with E-state index in [1.165, 1.54) is 6.26 Å². The molecule has 2 aromatic heterocycles. The van der Waals surface area contributed by atoms with Crippen LogP contribution in [0.1, 0.15) is 42.7 Å². The summed E-state index contributed by atoms with van der Waals surface area (Å²) in [4.78, 5) is 11.8. The van der Waals surface area contributed by atoms with Crippen LogP contribution >= 0.6 is 0 Å². The zero-order valence-electron chi connectivity index (χ0n) is 12.8. The maximum absolute atomic E-state index is 11.8. The zero-order chi connectivity index (χ0) is 15.9. The minimum Gasteiger partial charge on any atom is -0.467 e. The number of nitrogens with one attached hydrogen (secondary N) is 2. The van der Waals surface area contributed by atoms with Gasteiger partial charge < -0.3 is 24.7 Å². The number of furan rings is 1. The SMILES string of the molecule is CCc1noc(CC)c1CNC(=O)NCC(O)c1ccco1. The molecule has 0 aliphatic carbocycles. The van der Waals surface area contributed by atoms with E-state index in [1.807, 2.05) is 13.8 Å². The molecule has 2 aromatic rings. The van der Waals surface area contributed by atoms with Crippen molar-refractivity contribution in [2.24, 2.45) is 0 Å². The largest absolute Gasteiger partial charge is 0.467 e. The van der Waals surface area contributed by atoms with Crippen molar-refractivity contribution in [2.75, 3.05) is 6.54 Å². The van der Waals surface area contributed by atoms with Gasteiger partial charge in [-0.2, -0.15) is 0 Å². The van der Waals surface area contributed by atoms with Crippen molar-refractivity contribution in [2.45, 2.75) is 39.3 Å². The highest BCUT2D eigenvalue weighted by Crippen LogP contribution is 2.15. The lowest BCUT2D eigenvalue weighted by Gasteiger charge is -2.11. The van der Waals surface area contributed by atoms with Crippen molar-refractivity contribution in [3.63, 3.8) is 0 Å². The topological polar surface area (TPSA) is 101 Å². The van der Waals surface area contributed by atoms with Crippen LogP contribution in [0.2, 0.25) is 0 Å². The number of urea groups is 1. The maximum atomic E-state index is 11.8. The first-order valence-corrected chi connectivity index (χ1v) is 7.35. The van der Waals surface area contributed by atoms with E-state index in [4.69, 9.17) is 8.94 Å². The Kier molecular flexibility index (Phi) is 5.60. The Morgan fingerprint density at radius 3 is 2.82 bits per heavy atom. The number of rotatable bonds is 7. The van der Waals surface area contributed by atoms with Gasteiger partial charge in [-0.05, 0) is 18.6 Å². The minimum absolute atomic E-state index is 0.0737. The van der Waals surface area contributed by atoms with Crippen LogP contribution in [0.5, 0.6) is 0 Å². The van der Waals surface area contributed by atoms with E-state index in [-0.39, 0.29) is 12.6 Å². The first-order valence-electron chi connectivity index (χ1n) is 7.35. The molecule has 0 radical (unpaired) electrons. The number of aromatic nitrogens is 1. The van der Waals surface area contributed by atoms with Crippen LogP contribution in [0.25, 0.3) is 0 Å². The molecule has 7 heteroatoms. The molecular weight excluding hydrogens is 286 g/mol. The van der Waals surface area contributed by atoms with Gasteiger partial charge in [-0.15, -0.1) is 0 Å². The highest BCUT2D eigenvalue weighted by molar-refractivity contribution is 5.73. The van der Waals surface area contributed by atoms with Gasteiger partial charge in [0, 0.05) is 18.5 Å². The second-order valence-corrected chi connectivity index (χ2v) is 4.83. The Bertz CT molecular complexity index is 570. The maximum Gasteiger partial charge on any atom is 0.315 e. The van der Waals surface area contributed by atoms with Crippen molar-refractivity contribution in [1.82, 2.24) is 15.8 Å². The minimum atomic E-state index is -0.867. The molecule has 0 aliphatic heterocycles. The highest BCUT2D eigenvalue weighted by Gasteiger charge is 2.15. The van der Waals surface area contributed by atoms with Crippen molar-refractivity contribution >= 4 is 6.03 Å². The van der Waals surface area contributed by atoms with Crippen molar-refractivity contribution in [3.8, 4) is 0 Å². The van der Waals surface area contributed by atoms with E-state index >= 15 is 0 Å². The lowest BCUT2D eigenvalue weighted by Crippen LogP contribution is -2.37. The predicted octanol–water partition coefficient (Wildman–Crippen LogP) is 1.93. The predicted molar refractivity (Wildman–Crippen MR) is 79.2 cm³/mol. The summed E-state index contributed by atoms with van der Waals surface area (Å²) in [6.07, 6.45) is 2.08. The molecule has 120 valence electrons. The fraction of sp³-hybridized carbons (Fsp3) is 0.467. The van der Waals surface area contributed by atoms with Gasteiger partial charge in [0.2, 0.25) is 0 Å². The van der Waals surface area contributed by atoms with E-state index in [0.717, 1.165) is 29.9 Å². The first-order chi connectivity index (χ1) is 10.7. The molecule has 3 N–H and O–H groups in total. The summed E-state index contributed by atoms with van der Waals surface area (Å²) < 4.78 is 10.3. The number of amides is 2. The molecular formula is C15H21N3O4. The van der Waals surface area contributed by atoms with E-state index in [2.05, 4.69) is 15.8 Å². The number of hydrogen-bond acceptors (Lipinski definition) is 5. The number of nitrogens with zero attached hydrogens (tertiary/aromatic N) is 1. The molecule has 0 saturated carbocycles. The smallest absolute Gasteiger partial charge is 0.315 e. The Labute approximate surface area is 128 Å². The number of aliphatic hydroxyl groups excluding tert-OH is 1. The molecule has 0 fully saturated rings. The van der Waals surface area contributed by atoms with Gasteiger partial charge in [-0.3, -0.25) is 0 Å². The third-order valence-electron chi connectivity index (χ3n) is 3.36. The van der Waals surface area contributed by atoms with Gasteiger partial charge in [0.1, 0.15) is 17.6 Å². The zero-order valence-corrected chi connectivity index (χ0v) is 12.8. The normalized spacial score (nSPS) is 12.1. The van der Waals surface area contributed by atoms with Crippen LogP contribution in [0.4, 0.5) is 4.79 Å². The molecule has 0 spiro atoms. The number of hydrogen-bond donors (Lipinski definition) is 3. The van der Waals surface area contributed by atoms with Crippen molar-refractivity contribution < 1.29 is 18.8 Å². The van der Waals surface area contributed by atoms with Gasteiger partial charge in [0.15, 0.2) is 0 Å². The van der Waals surface area contributed by atoms with Crippen LogP contribution in [-0.4, -0.2) is 22.8 Å². The fourth-order valence-electron chi connectivity index (χ4n) is 2.14. The average molecular weight is 307 g/mol. The molecule has 0 saturated heterocycles. The number of aryl methyl sites for hydroxylation is 2. The van der Waals surface area contributed by atoms with Gasteiger partial charge in [-0.1, -0.05) is 19.0 Å². The number of carbonyl (C=O) groups is 1. The molecule has 2 rings (SSSR count). The standard InChI is InChI=1S/C15H21N3O4/c1-3-11-10(13(4-2)22-18-11)8-16-15(20)17-9-12(19)14-6-5-7-21-14/h5-7,12,19H,3-4,8-9H2,1-2H3,(H2,16,17,20). The van der Waals surface area contributed by atoms with Crippen LogP contribution in [-0.2, 0) is 19.4 Å². The Hall–Kier alpha value is -2.28. The molecule has 0 aliphatic rings. The lowest BCUT2D eigenvalue weighted by atomic mass is 10.1. The van der Waals surface area contributed by atoms with Gasteiger partial charge >= 0.3 is 6.03 Å². The summed E-state index contributed by atoms with van der Waals surface area (Å²) in [5.74, 6) is 1.20. The van der Waals surface area contributed by atoms with Crippen molar-refractivity contribution in [3.05, 3.63) is 41.2 Å². The first kappa shape index (κ1) is 16.1. The van der Waals surface area contributed by atoms with Gasteiger partial charge in [-0.25, -0.2) is 4.79 Å². The summed E-state index contributed by atoms with van der Waals surface area (Å²) in [5.41, 5.74) is 1.78. The van der Waals surface area contributed by atoms with E-state index < -0.39 is 6.10 Å². The van der Waals surface area contributed by atoms with Crippen LogP contribution in [0.15, 0.2) is 27.3 Å². The second kappa shape index (κ2) is 7.65. The van der Waals surface area contributed by atoms with Crippen LogP contribution in [0, 0.1) is 0 Å². The second-order valence-electron chi connectivity index (χ2n) is 4.83. The molecule has 1 atom stereocenters. The van der Waals surface area contributed by atoms with Crippen LogP contribution in [0.3, 0.4) is 0 Å². The Morgan fingerprint density at radius 1 is 1.36 bits per heavy atom. The molecule has 2 amide bonds. The highest BCUT2D eigenvalue weighted by atomic mass is 16.5. The van der Waals surface area contributed by atoms with Gasteiger partial charge in [0.05, 0.1) is 18.5 Å². The molecule has 22 heavy (non-hydrogen) atoms. The number of carbonyl (C=O) groups excluding carboxylic acids is 1. The lowest BCUT2D eigenvalue weighted by molar-refractivity contribution is 0.148. The third-order valence-corrected chi connectivity index (χ3v) is 3.36. The van der Waals surface area contributed by atoms with Gasteiger partial charge in [0.25, 0.3) is 0 Å². The average Bonchev–Trinajstić information content (AvgIpc) is 3.19. The van der Waals surface area contributed by atoms with E-state index in [1.54, 1.807) is 12.1 Å². The molecule has 1 unspecified atom stereocenters. The molecule has 7 nitrogen and oxygen atoms in total. The summed E-state index contributed by atoms with van der Waals surface area (Å²) in [7, 11) is 0. The fourth-order valence-corrected chi connectivity index (χ4v) is 2.14. The monoisotopic (exact) mass is 307 g/mol. The quantitative estimate of drug-likeness (QED) is 0.725. The van der Waals surface area contributed by atoms with Crippen LogP contribution < -0.4 is 10.6 Å². The summed E-state index contributed by atoms with van der Waals surface area (Å²) in [5, 5.41) is 19.1.